The molecule has 0 fully saturated rings. The van der Waals surface area contributed by atoms with E-state index in [1.165, 1.54) is 6.92 Å². The molecular formula is C23H30N2O3. The average molecular weight is 383 g/mol. The van der Waals surface area contributed by atoms with Crippen molar-refractivity contribution in [3.8, 4) is 5.75 Å². The maximum Gasteiger partial charge on any atom is 0.265 e. The van der Waals surface area contributed by atoms with Gasteiger partial charge in [-0.1, -0.05) is 45.0 Å². The van der Waals surface area contributed by atoms with Crippen LogP contribution < -0.4 is 15.4 Å². The number of carbonyl (C=O) groups is 2. The summed E-state index contributed by atoms with van der Waals surface area (Å²) in [6, 6.07) is 13.3. The second-order valence-corrected chi connectivity index (χ2v) is 7.06. The minimum atomic E-state index is -0.601. The van der Waals surface area contributed by atoms with Crippen LogP contribution >= 0.6 is 0 Å². The second-order valence-electron chi connectivity index (χ2n) is 7.06. The Hall–Kier alpha value is -2.82. The Kier molecular flexibility index (Phi) is 7.61. The van der Waals surface area contributed by atoms with Gasteiger partial charge in [0.25, 0.3) is 5.91 Å². The molecule has 150 valence electrons. The van der Waals surface area contributed by atoms with Gasteiger partial charge >= 0.3 is 0 Å². The molecule has 0 spiro atoms. The molecule has 2 amide bonds. The molecule has 28 heavy (non-hydrogen) atoms. The average Bonchev–Trinajstić information content (AvgIpc) is 2.67. The molecule has 0 saturated heterocycles. The van der Waals surface area contributed by atoms with Crippen molar-refractivity contribution >= 4 is 23.2 Å². The quantitative estimate of drug-likeness (QED) is 0.654. The molecule has 5 heteroatoms. The summed E-state index contributed by atoms with van der Waals surface area (Å²) in [7, 11) is 0. The lowest BCUT2D eigenvalue weighted by Crippen LogP contribution is -2.32. The summed E-state index contributed by atoms with van der Waals surface area (Å²) >= 11 is 0. The van der Waals surface area contributed by atoms with E-state index in [0.717, 1.165) is 23.3 Å². The second kappa shape index (κ2) is 9.93. The van der Waals surface area contributed by atoms with Crippen LogP contribution in [0.4, 0.5) is 11.4 Å². The van der Waals surface area contributed by atoms with Gasteiger partial charge in [-0.25, -0.2) is 0 Å². The number of hydrogen-bond acceptors (Lipinski definition) is 3. The van der Waals surface area contributed by atoms with Crippen LogP contribution in [0.1, 0.15) is 57.6 Å². The van der Waals surface area contributed by atoms with E-state index in [1.807, 2.05) is 50.2 Å². The van der Waals surface area contributed by atoms with Crippen LogP contribution in [0.5, 0.6) is 5.75 Å². The zero-order chi connectivity index (χ0) is 20.7. The molecular weight excluding hydrogens is 352 g/mol. The van der Waals surface area contributed by atoms with Crippen LogP contribution in [-0.4, -0.2) is 17.9 Å². The van der Waals surface area contributed by atoms with Gasteiger partial charge in [-0.05, 0) is 55.0 Å². The van der Waals surface area contributed by atoms with Crippen molar-refractivity contribution in [3.63, 3.8) is 0 Å². The number of para-hydroxylation sites is 1. The van der Waals surface area contributed by atoms with E-state index in [2.05, 4.69) is 24.5 Å². The fourth-order valence-electron chi connectivity index (χ4n) is 2.94. The first-order chi connectivity index (χ1) is 13.3. The van der Waals surface area contributed by atoms with Crippen molar-refractivity contribution in [2.45, 2.75) is 59.5 Å². The molecule has 0 aliphatic heterocycles. The number of benzene rings is 2. The summed E-state index contributed by atoms with van der Waals surface area (Å²) in [6.45, 7) is 9.57. The largest absolute Gasteiger partial charge is 0.480 e. The predicted molar refractivity (Wildman–Crippen MR) is 114 cm³/mol. The predicted octanol–water partition coefficient (Wildman–Crippen LogP) is 5.26. The smallest absolute Gasteiger partial charge is 0.265 e. The number of hydrogen-bond donors (Lipinski definition) is 2. The molecule has 0 heterocycles. The van der Waals surface area contributed by atoms with Crippen LogP contribution in [0.2, 0.25) is 0 Å². The van der Waals surface area contributed by atoms with E-state index >= 15 is 0 Å². The third-order valence-electron chi connectivity index (χ3n) is 4.81. The monoisotopic (exact) mass is 382 g/mol. The maximum absolute atomic E-state index is 12.8. The molecule has 2 aromatic rings. The number of aryl methyl sites for hydroxylation is 1. The van der Waals surface area contributed by atoms with Crippen molar-refractivity contribution in [2.75, 3.05) is 10.6 Å². The van der Waals surface area contributed by atoms with Crippen molar-refractivity contribution in [1.82, 2.24) is 0 Å². The maximum atomic E-state index is 12.8. The van der Waals surface area contributed by atoms with Gasteiger partial charge in [0.2, 0.25) is 5.91 Å². The highest BCUT2D eigenvalue weighted by Gasteiger charge is 2.21. The third-order valence-corrected chi connectivity index (χ3v) is 4.81. The highest BCUT2D eigenvalue weighted by Crippen LogP contribution is 2.29. The van der Waals surface area contributed by atoms with E-state index in [9.17, 15) is 9.59 Å². The van der Waals surface area contributed by atoms with E-state index in [4.69, 9.17) is 4.74 Å². The van der Waals surface area contributed by atoms with Crippen LogP contribution in [0.3, 0.4) is 0 Å². The lowest BCUT2D eigenvalue weighted by Gasteiger charge is -2.21. The number of nitrogens with one attached hydrogen (secondary N) is 2. The molecule has 0 saturated carbocycles. The Labute approximate surface area is 167 Å². The van der Waals surface area contributed by atoms with Crippen LogP contribution in [0.15, 0.2) is 42.5 Å². The van der Waals surface area contributed by atoms with Crippen LogP contribution in [0, 0.1) is 6.92 Å². The molecule has 5 nitrogen and oxygen atoms in total. The van der Waals surface area contributed by atoms with Gasteiger partial charge in [-0.15, -0.1) is 0 Å². The topological polar surface area (TPSA) is 67.4 Å². The summed E-state index contributed by atoms with van der Waals surface area (Å²) in [4.78, 5) is 24.1. The van der Waals surface area contributed by atoms with Gasteiger partial charge in [0.15, 0.2) is 6.10 Å². The molecule has 0 aliphatic carbocycles. The summed E-state index contributed by atoms with van der Waals surface area (Å²) < 4.78 is 6.09. The number of rotatable bonds is 8. The highest BCUT2D eigenvalue weighted by molar-refractivity contribution is 5.96. The number of carbonyl (C=O) groups excluding carboxylic acids is 2. The van der Waals surface area contributed by atoms with Gasteiger partial charge in [-0.3, -0.25) is 9.59 Å². The third kappa shape index (κ3) is 5.59. The zero-order valence-corrected chi connectivity index (χ0v) is 17.3. The molecule has 0 bridgehead atoms. The lowest BCUT2D eigenvalue weighted by molar-refractivity contribution is -0.122. The fraction of sp³-hybridized carbons (Fsp3) is 0.391. The minimum Gasteiger partial charge on any atom is -0.480 e. The Bertz CT molecular complexity index is 832. The van der Waals surface area contributed by atoms with Gasteiger partial charge in [0.1, 0.15) is 5.75 Å². The van der Waals surface area contributed by atoms with E-state index in [1.54, 1.807) is 6.07 Å². The van der Waals surface area contributed by atoms with Crippen LogP contribution in [0.25, 0.3) is 0 Å². The van der Waals surface area contributed by atoms with E-state index in [0.29, 0.717) is 23.7 Å². The van der Waals surface area contributed by atoms with Gasteiger partial charge in [0, 0.05) is 18.3 Å². The van der Waals surface area contributed by atoms with Crippen molar-refractivity contribution in [2.24, 2.45) is 0 Å². The van der Waals surface area contributed by atoms with E-state index < -0.39 is 6.10 Å². The molecule has 2 unspecified atom stereocenters. The normalized spacial score (nSPS) is 12.8. The fourth-order valence-corrected chi connectivity index (χ4v) is 2.94. The Morgan fingerprint density at radius 1 is 1.04 bits per heavy atom. The standard InChI is InChI=1S/C23H30N2O3/c1-6-15(3)19-10-8-9-11-22(19)28-21(7-2)23(27)25-18-13-12-16(4)20(14-18)24-17(5)26/h8-15,21H,6-7H2,1-5H3,(H,24,26)(H,25,27). The van der Waals surface area contributed by atoms with E-state index in [-0.39, 0.29) is 11.8 Å². The van der Waals surface area contributed by atoms with Crippen molar-refractivity contribution in [1.29, 1.82) is 0 Å². The highest BCUT2D eigenvalue weighted by atomic mass is 16.5. The molecule has 2 aromatic carbocycles. The minimum absolute atomic E-state index is 0.150. The summed E-state index contributed by atoms with van der Waals surface area (Å²) in [5.74, 6) is 0.748. The van der Waals surface area contributed by atoms with Crippen molar-refractivity contribution in [3.05, 3.63) is 53.6 Å². The van der Waals surface area contributed by atoms with Crippen LogP contribution in [-0.2, 0) is 9.59 Å². The van der Waals surface area contributed by atoms with Gasteiger partial charge in [-0.2, -0.15) is 0 Å². The van der Waals surface area contributed by atoms with Gasteiger partial charge < -0.3 is 15.4 Å². The summed E-state index contributed by atoms with van der Waals surface area (Å²) in [5.41, 5.74) is 3.34. The molecule has 0 aliphatic rings. The summed E-state index contributed by atoms with van der Waals surface area (Å²) in [6.07, 6.45) is 0.944. The molecule has 2 rings (SSSR count). The summed E-state index contributed by atoms with van der Waals surface area (Å²) in [5, 5.41) is 5.68. The Morgan fingerprint density at radius 3 is 2.39 bits per heavy atom. The number of amides is 2. The Morgan fingerprint density at radius 2 is 1.75 bits per heavy atom. The molecule has 2 atom stereocenters. The first-order valence-electron chi connectivity index (χ1n) is 9.80. The molecule has 2 N–H and O–H groups in total. The first-order valence-corrected chi connectivity index (χ1v) is 9.80. The number of ether oxygens (including phenoxy) is 1. The first kappa shape index (κ1) is 21.5. The molecule has 0 radical (unpaired) electrons. The SMILES string of the molecule is CCC(Oc1ccccc1C(C)CC)C(=O)Nc1ccc(C)c(NC(C)=O)c1. The van der Waals surface area contributed by atoms with Crippen molar-refractivity contribution < 1.29 is 14.3 Å². The number of anilines is 2. The lowest BCUT2D eigenvalue weighted by atomic mass is 9.98. The van der Waals surface area contributed by atoms with Gasteiger partial charge in [0.05, 0.1) is 0 Å². The Balaban J connectivity index is 2.16. The molecule has 0 aromatic heterocycles. The zero-order valence-electron chi connectivity index (χ0n) is 17.3.